The molecule has 3 N–H and O–H groups in total. The highest BCUT2D eigenvalue weighted by Crippen LogP contribution is 2.24. The Kier molecular flexibility index (Phi) is 3.21. The number of hydrazine groups is 1. The summed E-state index contributed by atoms with van der Waals surface area (Å²) in [5.41, 5.74) is 4.09. The van der Waals surface area contributed by atoms with E-state index in [1.807, 2.05) is 31.7 Å². The SMILES string of the molecule is CC(C)(C)C(=O)N1CCc2nnc(NN)cc2C1. The molecule has 0 aromatic carbocycles. The third kappa shape index (κ3) is 2.43. The highest BCUT2D eigenvalue weighted by molar-refractivity contribution is 5.81. The number of hydrogen-bond acceptors (Lipinski definition) is 5. The summed E-state index contributed by atoms with van der Waals surface area (Å²) >= 11 is 0. The molecule has 98 valence electrons. The van der Waals surface area contributed by atoms with Crippen molar-refractivity contribution in [3.63, 3.8) is 0 Å². The van der Waals surface area contributed by atoms with Gasteiger partial charge in [-0.15, -0.1) is 5.10 Å². The summed E-state index contributed by atoms with van der Waals surface area (Å²) in [6.07, 6.45) is 0.745. The fraction of sp³-hybridized carbons (Fsp3) is 0.583. The van der Waals surface area contributed by atoms with Gasteiger partial charge in [0.05, 0.1) is 5.69 Å². The van der Waals surface area contributed by atoms with Crippen molar-refractivity contribution in [2.75, 3.05) is 12.0 Å². The van der Waals surface area contributed by atoms with E-state index in [9.17, 15) is 4.79 Å². The van der Waals surface area contributed by atoms with Gasteiger partial charge in [-0.2, -0.15) is 5.10 Å². The van der Waals surface area contributed by atoms with E-state index >= 15 is 0 Å². The number of nitrogen functional groups attached to an aromatic ring is 1. The van der Waals surface area contributed by atoms with Gasteiger partial charge < -0.3 is 10.3 Å². The second-order valence-electron chi connectivity index (χ2n) is 5.57. The number of amides is 1. The van der Waals surface area contributed by atoms with E-state index in [0.29, 0.717) is 18.9 Å². The van der Waals surface area contributed by atoms with Crippen LogP contribution in [0.2, 0.25) is 0 Å². The minimum atomic E-state index is -0.354. The molecule has 18 heavy (non-hydrogen) atoms. The van der Waals surface area contributed by atoms with Crippen LogP contribution in [0.1, 0.15) is 32.0 Å². The van der Waals surface area contributed by atoms with Crippen LogP contribution in [-0.4, -0.2) is 27.5 Å². The van der Waals surface area contributed by atoms with E-state index in [2.05, 4.69) is 15.6 Å². The van der Waals surface area contributed by atoms with Crippen LogP contribution in [0.3, 0.4) is 0 Å². The number of rotatable bonds is 1. The lowest BCUT2D eigenvalue weighted by molar-refractivity contribution is -0.140. The Morgan fingerprint density at radius 2 is 2.17 bits per heavy atom. The van der Waals surface area contributed by atoms with Crippen LogP contribution in [0.4, 0.5) is 5.82 Å². The zero-order chi connectivity index (χ0) is 13.3. The number of aromatic nitrogens is 2. The van der Waals surface area contributed by atoms with E-state index in [-0.39, 0.29) is 11.3 Å². The van der Waals surface area contributed by atoms with E-state index in [1.165, 1.54) is 0 Å². The molecule has 0 saturated carbocycles. The lowest BCUT2D eigenvalue weighted by Crippen LogP contribution is -2.42. The van der Waals surface area contributed by atoms with Gasteiger partial charge in [0, 0.05) is 24.9 Å². The third-order valence-corrected chi connectivity index (χ3v) is 3.02. The second kappa shape index (κ2) is 4.53. The molecule has 1 amide bonds. The van der Waals surface area contributed by atoms with Gasteiger partial charge >= 0.3 is 0 Å². The van der Waals surface area contributed by atoms with Crippen LogP contribution in [0, 0.1) is 5.41 Å². The van der Waals surface area contributed by atoms with Crippen molar-refractivity contribution in [1.82, 2.24) is 15.1 Å². The van der Waals surface area contributed by atoms with Gasteiger partial charge in [0.1, 0.15) is 0 Å². The third-order valence-electron chi connectivity index (χ3n) is 3.02. The standard InChI is InChI=1S/C12H19N5O/c1-12(2,3)11(18)17-5-4-9-8(7-17)6-10(14-13)16-15-9/h6H,4-5,7,13H2,1-3H3,(H,14,16). The number of nitrogens with one attached hydrogen (secondary N) is 1. The van der Waals surface area contributed by atoms with Crippen molar-refractivity contribution in [3.8, 4) is 0 Å². The molecule has 0 unspecified atom stereocenters. The predicted molar refractivity (Wildman–Crippen MR) is 68.4 cm³/mol. The number of hydrogen-bond donors (Lipinski definition) is 2. The molecule has 6 nitrogen and oxygen atoms in total. The average molecular weight is 249 g/mol. The smallest absolute Gasteiger partial charge is 0.228 e. The maximum absolute atomic E-state index is 12.2. The molecule has 2 heterocycles. The normalized spacial score (nSPS) is 15.2. The topological polar surface area (TPSA) is 84.1 Å². The van der Waals surface area contributed by atoms with Gasteiger partial charge in [-0.25, -0.2) is 5.84 Å². The number of carbonyl (C=O) groups is 1. The molecule has 0 atom stereocenters. The van der Waals surface area contributed by atoms with Crippen LogP contribution in [0.25, 0.3) is 0 Å². The van der Waals surface area contributed by atoms with E-state index in [0.717, 1.165) is 17.7 Å². The lowest BCUT2D eigenvalue weighted by Gasteiger charge is -2.33. The van der Waals surface area contributed by atoms with Gasteiger partial charge in [-0.05, 0) is 11.6 Å². The fourth-order valence-electron chi connectivity index (χ4n) is 2.05. The van der Waals surface area contributed by atoms with Crippen LogP contribution in [0.5, 0.6) is 0 Å². The zero-order valence-corrected chi connectivity index (χ0v) is 11.0. The van der Waals surface area contributed by atoms with Crippen LogP contribution in [-0.2, 0) is 17.8 Å². The maximum atomic E-state index is 12.2. The Balaban J connectivity index is 2.21. The number of fused-ring (bicyclic) bond motifs is 1. The lowest BCUT2D eigenvalue weighted by atomic mass is 9.93. The summed E-state index contributed by atoms with van der Waals surface area (Å²) in [7, 11) is 0. The highest BCUT2D eigenvalue weighted by atomic mass is 16.2. The molecular weight excluding hydrogens is 230 g/mol. The monoisotopic (exact) mass is 249 g/mol. The molecule has 1 aromatic rings. The van der Waals surface area contributed by atoms with Gasteiger partial charge in [0.15, 0.2) is 5.82 Å². The molecule has 1 aliphatic heterocycles. The molecule has 1 aliphatic rings. The Morgan fingerprint density at radius 3 is 2.78 bits per heavy atom. The second-order valence-corrected chi connectivity index (χ2v) is 5.57. The van der Waals surface area contributed by atoms with Gasteiger partial charge in [0.2, 0.25) is 5.91 Å². The molecule has 0 spiro atoms. The molecule has 2 rings (SSSR count). The summed E-state index contributed by atoms with van der Waals surface area (Å²) in [5.74, 6) is 6.00. The number of carbonyl (C=O) groups excluding carboxylic acids is 1. The Hall–Kier alpha value is -1.69. The predicted octanol–water partition coefficient (Wildman–Crippen LogP) is 0.693. The Labute approximate surface area is 107 Å². The minimum absolute atomic E-state index is 0.159. The molecule has 0 radical (unpaired) electrons. The van der Waals surface area contributed by atoms with E-state index < -0.39 is 0 Å². The number of nitrogens with zero attached hydrogens (tertiary/aromatic N) is 3. The van der Waals surface area contributed by atoms with Crippen molar-refractivity contribution in [1.29, 1.82) is 0 Å². The summed E-state index contributed by atoms with van der Waals surface area (Å²) < 4.78 is 0. The quantitative estimate of drug-likeness (QED) is 0.565. The van der Waals surface area contributed by atoms with E-state index in [1.54, 1.807) is 0 Å². The van der Waals surface area contributed by atoms with Gasteiger partial charge in [0.25, 0.3) is 0 Å². The zero-order valence-electron chi connectivity index (χ0n) is 11.0. The molecule has 0 saturated heterocycles. The molecule has 6 heteroatoms. The molecule has 0 aliphatic carbocycles. The van der Waals surface area contributed by atoms with Crippen LogP contribution in [0.15, 0.2) is 6.07 Å². The van der Waals surface area contributed by atoms with E-state index in [4.69, 9.17) is 5.84 Å². The highest BCUT2D eigenvalue weighted by Gasteiger charge is 2.30. The first-order chi connectivity index (χ1) is 8.41. The Morgan fingerprint density at radius 1 is 1.44 bits per heavy atom. The van der Waals surface area contributed by atoms with Crippen molar-refractivity contribution >= 4 is 11.7 Å². The summed E-state index contributed by atoms with van der Waals surface area (Å²) in [6, 6.07) is 1.85. The molecule has 0 fully saturated rings. The molecule has 1 aromatic heterocycles. The van der Waals surface area contributed by atoms with Crippen molar-refractivity contribution in [2.45, 2.75) is 33.7 Å². The van der Waals surface area contributed by atoms with Gasteiger partial charge in [-0.1, -0.05) is 20.8 Å². The summed E-state index contributed by atoms with van der Waals surface area (Å²) in [5, 5.41) is 8.06. The van der Waals surface area contributed by atoms with Crippen LogP contribution < -0.4 is 11.3 Å². The summed E-state index contributed by atoms with van der Waals surface area (Å²) in [6.45, 7) is 7.08. The molecule has 0 bridgehead atoms. The van der Waals surface area contributed by atoms with Crippen molar-refractivity contribution in [2.24, 2.45) is 11.3 Å². The first-order valence-electron chi connectivity index (χ1n) is 6.03. The van der Waals surface area contributed by atoms with Gasteiger partial charge in [-0.3, -0.25) is 4.79 Å². The average Bonchev–Trinajstić information content (AvgIpc) is 2.35. The number of nitrogens with two attached hydrogens (primary N) is 1. The number of anilines is 1. The first kappa shape index (κ1) is 12.8. The maximum Gasteiger partial charge on any atom is 0.228 e. The summed E-state index contributed by atoms with van der Waals surface area (Å²) in [4.78, 5) is 14.1. The van der Waals surface area contributed by atoms with Crippen LogP contribution >= 0.6 is 0 Å². The van der Waals surface area contributed by atoms with Crippen molar-refractivity contribution < 1.29 is 4.79 Å². The fourth-order valence-corrected chi connectivity index (χ4v) is 2.05. The minimum Gasteiger partial charge on any atom is -0.337 e. The van der Waals surface area contributed by atoms with Crippen molar-refractivity contribution in [3.05, 3.63) is 17.3 Å². The molecular formula is C12H19N5O. The largest absolute Gasteiger partial charge is 0.337 e. The first-order valence-corrected chi connectivity index (χ1v) is 6.03. The Bertz CT molecular complexity index is 466.